The molecule has 20 heavy (non-hydrogen) atoms. The van der Waals surface area contributed by atoms with Gasteiger partial charge >= 0.3 is 5.97 Å². The van der Waals surface area contributed by atoms with Crippen LogP contribution >= 0.6 is 0 Å². The van der Waals surface area contributed by atoms with E-state index in [0.29, 0.717) is 13.0 Å². The predicted molar refractivity (Wildman–Crippen MR) is 78.5 cm³/mol. The number of hydrogen-bond donors (Lipinski definition) is 1. The van der Waals surface area contributed by atoms with Crippen LogP contribution in [0.3, 0.4) is 0 Å². The lowest BCUT2D eigenvalue weighted by Gasteiger charge is -2.11. The van der Waals surface area contributed by atoms with Gasteiger partial charge in [0.25, 0.3) is 0 Å². The van der Waals surface area contributed by atoms with Crippen LogP contribution in [0, 0.1) is 0 Å². The topological polar surface area (TPSA) is 46.5 Å². The van der Waals surface area contributed by atoms with Gasteiger partial charge in [0, 0.05) is 6.42 Å². The van der Waals surface area contributed by atoms with E-state index in [1.54, 1.807) is 0 Å². The average Bonchev–Trinajstić information content (AvgIpc) is 3.30. The molecule has 1 N–H and O–H groups in total. The summed E-state index contributed by atoms with van der Waals surface area (Å²) in [5.74, 6) is 0.516. The van der Waals surface area contributed by atoms with Crippen LogP contribution in [0.15, 0.2) is 24.3 Å². The van der Waals surface area contributed by atoms with Gasteiger partial charge in [0.05, 0.1) is 12.7 Å². The highest BCUT2D eigenvalue weighted by Crippen LogP contribution is 2.40. The molecule has 3 nitrogen and oxygen atoms in total. The van der Waals surface area contributed by atoms with Crippen LogP contribution in [0.4, 0.5) is 0 Å². The number of rotatable bonds is 8. The maximum atomic E-state index is 11.5. The van der Waals surface area contributed by atoms with Crippen molar-refractivity contribution in [1.82, 2.24) is 0 Å². The molecule has 110 valence electrons. The van der Waals surface area contributed by atoms with E-state index in [1.165, 1.54) is 18.4 Å². The zero-order valence-electron chi connectivity index (χ0n) is 12.2. The summed E-state index contributed by atoms with van der Waals surface area (Å²) < 4.78 is 5.08. The van der Waals surface area contributed by atoms with Crippen molar-refractivity contribution in [3.05, 3.63) is 35.4 Å². The lowest BCUT2D eigenvalue weighted by Crippen LogP contribution is -2.08. The minimum Gasteiger partial charge on any atom is -0.466 e. The summed E-state index contributed by atoms with van der Waals surface area (Å²) in [6.07, 6.45) is 4.60. The number of hydrogen-bond acceptors (Lipinski definition) is 3. The lowest BCUT2D eigenvalue weighted by atomic mass is 10.0. The summed E-state index contributed by atoms with van der Waals surface area (Å²) in [6, 6.07) is 8.13. The molecule has 1 atom stereocenters. The highest BCUT2D eigenvalue weighted by Gasteiger charge is 2.23. The molecule has 0 heterocycles. The van der Waals surface area contributed by atoms with E-state index in [-0.39, 0.29) is 12.4 Å². The van der Waals surface area contributed by atoms with Gasteiger partial charge in [-0.05, 0) is 42.7 Å². The number of carbonyl (C=O) groups excluding carboxylic acids is 1. The molecule has 0 saturated heterocycles. The zero-order valence-corrected chi connectivity index (χ0v) is 12.2. The normalized spacial score (nSPS) is 15.9. The second kappa shape index (κ2) is 7.44. The van der Waals surface area contributed by atoms with Gasteiger partial charge in [-0.1, -0.05) is 37.6 Å². The first-order chi connectivity index (χ1) is 9.70. The van der Waals surface area contributed by atoms with Gasteiger partial charge < -0.3 is 9.84 Å². The number of carbonyl (C=O) groups is 1. The molecule has 0 aromatic heterocycles. The molecule has 1 saturated carbocycles. The Morgan fingerprint density at radius 3 is 2.65 bits per heavy atom. The maximum Gasteiger partial charge on any atom is 0.305 e. The van der Waals surface area contributed by atoms with Crippen molar-refractivity contribution in [3.63, 3.8) is 0 Å². The number of aliphatic hydroxyl groups is 1. The lowest BCUT2D eigenvalue weighted by molar-refractivity contribution is -0.144. The standard InChI is InChI=1S/C17H24O3/c1-2-3-12-20-17(19)11-10-16(18)15-8-6-14(7-9-15)13-4-5-13/h6-9,13,16,18H,2-5,10-12H2,1H3. The van der Waals surface area contributed by atoms with E-state index in [2.05, 4.69) is 19.1 Å². The van der Waals surface area contributed by atoms with E-state index >= 15 is 0 Å². The maximum absolute atomic E-state index is 11.5. The number of esters is 1. The fourth-order valence-electron chi connectivity index (χ4n) is 2.23. The second-order valence-corrected chi connectivity index (χ2v) is 5.57. The average molecular weight is 276 g/mol. The summed E-state index contributed by atoms with van der Waals surface area (Å²) in [5, 5.41) is 10.1. The summed E-state index contributed by atoms with van der Waals surface area (Å²) >= 11 is 0. The van der Waals surface area contributed by atoms with Gasteiger partial charge in [-0.3, -0.25) is 4.79 Å². The summed E-state index contributed by atoms with van der Waals surface area (Å²) in [5.41, 5.74) is 2.25. The molecule has 0 bridgehead atoms. The molecule has 0 aliphatic heterocycles. The molecule has 0 amide bonds. The molecular weight excluding hydrogens is 252 g/mol. The zero-order chi connectivity index (χ0) is 14.4. The minimum absolute atomic E-state index is 0.216. The molecule has 0 radical (unpaired) electrons. The van der Waals surface area contributed by atoms with Gasteiger partial charge in [0.2, 0.25) is 0 Å². The quantitative estimate of drug-likeness (QED) is 0.581. The molecule has 1 unspecified atom stereocenters. The molecule has 1 aromatic carbocycles. The first-order valence-corrected chi connectivity index (χ1v) is 7.64. The van der Waals surface area contributed by atoms with Gasteiger partial charge in [-0.25, -0.2) is 0 Å². The molecule has 2 rings (SSSR count). The third-order valence-electron chi connectivity index (χ3n) is 3.75. The van der Waals surface area contributed by atoms with Crippen LogP contribution < -0.4 is 0 Å². The number of benzene rings is 1. The number of unbranched alkanes of at least 4 members (excludes halogenated alkanes) is 1. The number of aliphatic hydroxyl groups excluding tert-OH is 1. The van der Waals surface area contributed by atoms with E-state index in [0.717, 1.165) is 24.3 Å². The fourth-order valence-corrected chi connectivity index (χ4v) is 2.23. The SMILES string of the molecule is CCCCOC(=O)CCC(O)c1ccc(C2CC2)cc1. The smallest absolute Gasteiger partial charge is 0.305 e. The van der Waals surface area contributed by atoms with Gasteiger partial charge in [0.15, 0.2) is 0 Å². The Balaban J connectivity index is 1.73. The van der Waals surface area contributed by atoms with Crippen molar-refractivity contribution in [2.45, 2.75) is 57.5 Å². The second-order valence-electron chi connectivity index (χ2n) is 5.57. The van der Waals surface area contributed by atoms with Gasteiger partial charge in [-0.2, -0.15) is 0 Å². The van der Waals surface area contributed by atoms with Crippen LogP contribution in [0.1, 0.15) is 68.6 Å². The monoisotopic (exact) mass is 276 g/mol. The Morgan fingerprint density at radius 2 is 2.05 bits per heavy atom. The van der Waals surface area contributed by atoms with E-state index in [1.807, 2.05) is 12.1 Å². The van der Waals surface area contributed by atoms with E-state index in [4.69, 9.17) is 4.74 Å². The first-order valence-electron chi connectivity index (χ1n) is 7.64. The first kappa shape index (κ1) is 15.0. The molecule has 1 fully saturated rings. The molecule has 1 aromatic rings. The van der Waals surface area contributed by atoms with Crippen LogP contribution in [-0.2, 0) is 9.53 Å². The Hall–Kier alpha value is -1.35. The fraction of sp³-hybridized carbons (Fsp3) is 0.588. The highest BCUT2D eigenvalue weighted by molar-refractivity contribution is 5.69. The van der Waals surface area contributed by atoms with Crippen LogP contribution in [-0.4, -0.2) is 17.7 Å². The van der Waals surface area contributed by atoms with Crippen molar-refractivity contribution >= 4 is 5.97 Å². The third-order valence-corrected chi connectivity index (χ3v) is 3.75. The van der Waals surface area contributed by atoms with E-state index < -0.39 is 6.10 Å². The summed E-state index contributed by atoms with van der Waals surface area (Å²) in [7, 11) is 0. The van der Waals surface area contributed by atoms with Gasteiger partial charge in [0.1, 0.15) is 0 Å². The van der Waals surface area contributed by atoms with Crippen molar-refractivity contribution in [1.29, 1.82) is 0 Å². The predicted octanol–water partition coefficient (Wildman–Crippen LogP) is 3.72. The van der Waals surface area contributed by atoms with Crippen molar-refractivity contribution in [2.24, 2.45) is 0 Å². The van der Waals surface area contributed by atoms with Gasteiger partial charge in [-0.15, -0.1) is 0 Å². The highest BCUT2D eigenvalue weighted by atomic mass is 16.5. The molecule has 1 aliphatic rings. The minimum atomic E-state index is -0.582. The molecule has 3 heteroatoms. The molecule has 1 aliphatic carbocycles. The van der Waals surface area contributed by atoms with E-state index in [9.17, 15) is 9.90 Å². The van der Waals surface area contributed by atoms with Crippen molar-refractivity contribution in [2.75, 3.05) is 6.61 Å². The molecule has 0 spiro atoms. The van der Waals surface area contributed by atoms with Crippen LogP contribution in [0.25, 0.3) is 0 Å². The number of ether oxygens (including phenoxy) is 1. The largest absolute Gasteiger partial charge is 0.466 e. The van der Waals surface area contributed by atoms with Crippen molar-refractivity contribution < 1.29 is 14.6 Å². The Labute approximate surface area is 121 Å². The summed E-state index contributed by atoms with van der Waals surface area (Å²) in [4.78, 5) is 11.5. The third kappa shape index (κ3) is 4.64. The van der Waals surface area contributed by atoms with Crippen molar-refractivity contribution in [3.8, 4) is 0 Å². The Kier molecular flexibility index (Phi) is 5.60. The van der Waals surface area contributed by atoms with Crippen LogP contribution in [0.5, 0.6) is 0 Å². The summed E-state index contributed by atoms with van der Waals surface area (Å²) in [6.45, 7) is 2.55. The molecular formula is C17H24O3. The Morgan fingerprint density at radius 1 is 1.35 bits per heavy atom. The van der Waals surface area contributed by atoms with Crippen LogP contribution in [0.2, 0.25) is 0 Å². The Bertz CT molecular complexity index is 420.